The lowest BCUT2D eigenvalue weighted by molar-refractivity contribution is -0.116. The average Bonchev–Trinajstić information content (AvgIpc) is 2.29. The Labute approximate surface area is 78.6 Å². The monoisotopic (exact) mass is 226 g/mol. The smallest absolute Gasteiger partial charge is 0.267 e. The van der Waals surface area contributed by atoms with Crippen LogP contribution in [0, 0.1) is 0 Å². The molecular weight excluding hydrogens is 220 g/mol. The van der Waals surface area contributed by atoms with Crippen molar-refractivity contribution in [2.24, 2.45) is 4.99 Å². The summed E-state index contributed by atoms with van der Waals surface area (Å²) in [5.41, 5.74) is 1.02. The molecule has 62 valence electrons. The second-order valence-corrected chi connectivity index (χ2v) is 3.71. The molecule has 1 amide bonds. The zero-order valence-corrected chi connectivity index (χ0v) is 8.13. The fourth-order valence-electron chi connectivity index (χ4n) is 1.32. The van der Waals surface area contributed by atoms with Gasteiger partial charge in [0.15, 0.2) is 0 Å². The highest BCUT2D eigenvalue weighted by molar-refractivity contribution is 9.11. The van der Waals surface area contributed by atoms with Crippen molar-refractivity contribution in [1.82, 2.24) is 4.90 Å². The molecule has 3 nitrogen and oxygen atoms in total. The van der Waals surface area contributed by atoms with Gasteiger partial charge in [-0.25, -0.2) is 0 Å². The molecule has 0 aliphatic carbocycles. The zero-order chi connectivity index (χ0) is 8.72. The molecule has 2 rings (SSSR count). The molecule has 0 unspecified atom stereocenters. The van der Waals surface area contributed by atoms with Crippen molar-refractivity contribution in [1.29, 1.82) is 0 Å². The topological polar surface area (TPSA) is 32.7 Å². The molecule has 0 saturated heterocycles. The molecule has 4 heteroatoms. The van der Waals surface area contributed by atoms with E-state index >= 15 is 0 Å². The molecule has 0 saturated carbocycles. The Kier molecular flexibility index (Phi) is 1.65. The summed E-state index contributed by atoms with van der Waals surface area (Å²) in [4.78, 5) is 16.7. The van der Waals surface area contributed by atoms with Crippen molar-refractivity contribution in [3.05, 3.63) is 22.3 Å². The normalized spacial score (nSPS) is 21.7. The number of allylic oxidation sites excluding steroid dienone is 2. The largest absolute Gasteiger partial charge is 0.322 e. The Bertz CT molecular complexity index is 341. The van der Waals surface area contributed by atoms with Gasteiger partial charge in [-0.3, -0.25) is 4.79 Å². The second-order valence-electron chi connectivity index (χ2n) is 2.80. The molecule has 0 N–H and O–H groups in total. The van der Waals surface area contributed by atoms with Crippen LogP contribution in [0.4, 0.5) is 0 Å². The van der Waals surface area contributed by atoms with Gasteiger partial charge in [0.05, 0.1) is 0 Å². The summed E-state index contributed by atoms with van der Waals surface area (Å²) < 4.78 is 0.980. The van der Waals surface area contributed by atoms with E-state index in [0.29, 0.717) is 6.54 Å². The zero-order valence-electron chi connectivity index (χ0n) is 6.54. The molecule has 2 aliphatic heterocycles. The van der Waals surface area contributed by atoms with E-state index in [1.807, 2.05) is 24.1 Å². The summed E-state index contributed by atoms with van der Waals surface area (Å²) in [6, 6.07) is 0. The van der Waals surface area contributed by atoms with Gasteiger partial charge in [0.25, 0.3) is 5.91 Å². The summed E-state index contributed by atoms with van der Waals surface area (Å²) in [6.07, 6.45) is 3.82. The van der Waals surface area contributed by atoms with Gasteiger partial charge in [-0.1, -0.05) is 0 Å². The van der Waals surface area contributed by atoms with Crippen LogP contribution in [0.1, 0.15) is 6.92 Å². The first-order chi connectivity index (χ1) is 5.66. The first-order valence-corrected chi connectivity index (χ1v) is 4.40. The van der Waals surface area contributed by atoms with Gasteiger partial charge in [-0.15, -0.1) is 0 Å². The van der Waals surface area contributed by atoms with Crippen molar-refractivity contribution in [3.8, 4) is 0 Å². The minimum Gasteiger partial charge on any atom is -0.322 e. The number of carbonyl (C=O) groups is 1. The lowest BCUT2D eigenvalue weighted by Gasteiger charge is -2.19. The van der Waals surface area contributed by atoms with Gasteiger partial charge >= 0.3 is 0 Å². The fraction of sp³-hybridized carbons (Fsp3) is 0.250. The Morgan fingerprint density at radius 2 is 2.42 bits per heavy atom. The lowest BCUT2D eigenvalue weighted by atomic mass is 10.2. The van der Waals surface area contributed by atoms with Crippen molar-refractivity contribution in [2.45, 2.75) is 6.92 Å². The highest BCUT2D eigenvalue weighted by atomic mass is 79.9. The lowest BCUT2D eigenvalue weighted by Crippen LogP contribution is -2.25. The highest BCUT2D eigenvalue weighted by Gasteiger charge is 2.25. The molecule has 12 heavy (non-hydrogen) atoms. The van der Waals surface area contributed by atoms with E-state index in [-0.39, 0.29) is 5.91 Å². The maximum absolute atomic E-state index is 11.0. The second kappa shape index (κ2) is 2.55. The van der Waals surface area contributed by atoms with Crippen LogP contribution in [-0.4, -0.2) is 23.2 Å². The van der Waals surface area contributed by atoms with Gasteiger partial charge in [-0.2, -0.15) is 4.99 Å². The van der Waals surface area contributed by atoms with Gasteiger partial charge in [0.1, 0.15) is 12.4 Å². The molecule has 0 radical (unpaired) electrons. The summed E-state index contributed by atoms with van der Waals surface area (Å²) >= 11 is 3.36. The highest BCUT2D eigenvalue weighted by Crippen LogP contribution is 2.22. The van der Waals surface area contributed by atoms with E-state index in [9.17, 15) is 4.79 Å². The van der Waals surface area contributed by atoms with Crippen LogP contribution in [-0.2, 0) is 4.79 Å². The summed E-state index contributed by atoms with van der Waals surface area (Å²) in [6.45, 7) is 2.31. The van der Waals surface area contributed by atoms with Crippen LogP contribution < -0.4 is 0 Å². The van der Waals surface area contributed by atoms with Gasteiger partial charge < -0.3 is 4.90 Å². The number of amides is 1. The maximum Gasteiger partial charge on any atom is 0.267 e. The molecule has 2 aliphatic rings. The van der Waals surface area contributed by atoms with E-state index in [1.165, 1.54) is 0 Å². The van der Waals surface area contributed by atoms with Crippen molar-refractivity contribution >= 4 is 27.7 Å². The number of hydrogen-bond acceptors (Lipinski definition) is 2. The summed E-state index contributed by atoms with van der Waals surface area (Å²) in [5.74, 6) is 0.708. The quantitative estimate of drug-likeness (QED) is 0.626. The number of halogens is 1. The number of amidine groups is 1. The van der Waals surface area contributed by atoms with Crippen LogP contribution in [0.2, 0.25) is 0 Å². The molecule has 0 aromatic heterocycles. The third kappa shape index (κ3) is 1.12. The van der Waals surface area contributed by atoms with Crippen LogP contribution in [0.3, 0.4) is 0 Å². The minimum atomic E-state index is -0.0730. The van der Waals surface area contributed by atoms with Gasteiger partial charge in [0, 0.05) is 10.7 Å². The Morgan fingerprint density at radius 1 is 1.67 bits per heavy atom. The van der Waals surface area contributed by atoms with Crippen LogP contribution >= 0.6 is 15.9 Å². The molecule has 0 aromatic carbocycles. The van der Waals surface area contributed by atoms with Crippen molar-refractivity contribution < 1.29 is 4.79 Å². The van der Waals surface area contributed by atoms with Crippen molar-refractivity contribution in [3.63, 3.8) is 0 Å². The fourth-order valence-corrected chi connectivity index (χ4v) is 1.91. The molecule has 0 aromatic rings. The maximum atomic E-state index is 11.0. The van der Waals surface area contributed by atoms with Gasteiger partial charge in [-0.05, 0) is 34.5 Å². The van der Waals surface area contributed by atoms with E-state index in [0.717, 1.165) is 15.9 Å². The first-order valence-electron chi connectivity index (χ1n) is 3.61. The van der Waals surface area contributed by atoms with Crippen molar-refractivity contribution in [2.75, 3.05) is 6.54 Å². The SMILES string of the molecule is CC1=CC(Br)=CN2CC(=O)N=C12. The number of hydrogen-bond donors (Lipinski definition) is 0. The molecular formula is C8H7BrN2O. The van der Waals surface area contributed by atoms with E-state index < -0.39 is 0 Å². The first kappa shape index (κ1) is 7.73. The summed E-state index contributed by atoms with van der Waals surface area (Å²) in [7, 11) is 0. The third-order valence-corrected chi connectivity index (χ3v) is 2.23. The van der Waals surface area contributed by atoms with Crippen LogP contribution in [0.5, 0.6) is 0 Å². The van der Waals surface area contributed by atoms with E-state index in [4.69, 9.17) is 0 Å². The molecule has 0 spiro atoms. The molecule has 0 atom stereocenters. The van der Waals surface area contributed by atoms with Crippen LogP contribution in [0.15, 0.2) is 27.3 Å². The van der Waals surface area contributed by atoms with E-state index in [1.54, 1.807) is 0 Å². The standard InChI is InChI=1S/C8H7BrN2O/c1-5-2-6(9)3-11-4-7(12)10-8(5)11/h2-3H,4H2,1H3. The van der Waals surface area contributed by atoms with Gasteiger partial charge in [0.2, 0.25) is 0 Å². The molecule has 0 fully saturated rings. The van der Waals surface area contributed by atoms with Crippen LogP contribution in [0.25, 0.3) is 0 Å². The predicted octanol–water partition coefficient (Wildman–Crippen LogP) is 1.42. The number of nitrogens with zero attached hydrogens (tertiary/aromatic N) is 2. The Hall–Kier alpha value is -0.900. The molecule has 0 bridgehead atoms. The average molecular weight is 227 g/mol. The number of aliphatic imine (C=N–C) groups is 1. The number of fused-ring (bicyclic) bond motifs is 1. The Balaban J connectivity index is 2.44. The third-order valence-electron chi connectivity index (χ3n) is 1.79. The predicted molar refractivity (Wildman–Crippen MR) is 49.9 cm³/mol. The number of rotatable bonds is 0. The van der Waals surface area contributed by atoms with E-state index in [2.05, 4.69) is 20.9 Å². The Morgan fingerprint density at radius 3 is 3.17 bits per heavy atom. The minimum absolute atomic E-state index is 0.0730. The number of carbonyl (C=O) groups excluding carboxylic acids is 1. The summed E-state index contributed by atoms with van der Waals surface area (Å²) in [5, 5.41) is 0. The molecule has 2 heterocycles.